The molecule has 0 radical (unpaired) electrons. The third kappa shape index (κ3) is 7.07. The predicted molar refractivity (Wildman–Crippen MR) is 138 cm³/mol. The van der Waals surface area contributed by atoms with E-state index in [9.17, 15) is 9.36 Å². The van der Waals surface area contributed by atoms with E-state index in [0.717, 1.165) is 25.0 Å². The first-order valence-corrected chi connectivity index (χ1v) is 14.1. The number of ether oxygens (including phenoxy) is 2. The second-order valence-electron chi connectivity index (χ2n) is 8.92. The molecule has 3 atom stereocenters. The van der Waals surface area contributed by atoms with Crippen LogP contribution in [0.5, 0.6) is 5.75 Å². The molecule has 0 amide bonds. The van der Waals surface area contributed by atoms with Crippen LogP contribution >= 0.6 is 7.75 Å². The maximum Gasteiger partial charge on any atom is 0.459 e. The summed E-state index contributed by atoms with van der Waals surface area (Å²) in [5.74, 6) is 0.514. The van der Waals surface area contributed by atoms with Crippen molar-refractivity contribution in [3.63, 3.8) is 0 Å². The monoisotopic (exact) mass is 531 g/mol. The van der Waals surface area contributed by atoms with Gasteiger partial charge in [-0.2, -0.15) is 5.10 Å². The standard InChI is InChI=1S/C25H34N5O6P/c1-3-18(4-2)15-33-24(31)14-29-37(32,36-19-8-6-5-7-9-19)34-16-20-10-13-23(35-20)21-11-12-22-25(26)27-17-28-30(21)22/h5-9,11-12,17-18,20,23H,3-4,10,13-16H2,1-2H3,(H,29,32)(H2,26,27,28). The first kappa shape index (κ1) is 27.1. The Morgan fingerprint density at radius 1 is 1.22 bits per heavy atom. The molecule has 1 saturated heterocycles. The van der Waals surface area contributed by atoms with Crippen LogP contribution in [0.3, 0.4) is 0 Å². The van der Waals surface area contributed by atoms with Gasteiger partial charge in [0.1, 0.15) is 30.2 Å². The molecule has 0 bridgehead atoms. The number of nitrogen functional groups attached to an aromatic ring is 1. The second kappa shape index (κ2) is 12.5. The van der Waals surface area contributed by atoms with Crippen LogP contribution in [-0.4, -0.2) is 46.4 Å². The van der Waals surface area contributed by atoms with Crippen molar-refractivity contribution in [2.45, 2.75) is 51.7 Å². The van der Waals surface area contributed by atoms with Crippen LogP contribution in [0.25, 0.3) is 5.52 Å². The van der Waals surface area contributed by atoms with Gasteiger partial charge < -0.3 is 19.7 Å². The molecular weight excluding hydrogens is 497 g/mol. The third-order valence-electron chi connectivity index (χ3n) is 6.40. The lowest BCUT2D eigenvalue weighted by Crippen LogP contribution is -2.28. The predicted octanol–water partition coefficient (Wildman–Crippen LogP) is 4.30. The molecule has 3 N–H and O–H groups in total. The molecule has 11 nitrogen and oxygen atoms in total. The summed E-state index contributed by atoms with van der Waals surface area (Å²) in [4.78, 5) is 16.3. The van der Waals surface area contributed by atoms with Crippen LogP contribution in [0.15, 0.2) is 48.8 Å². The number of hydrogen-bond donors (Lipinski definition) is 2. The maximum atomic E-state index is 13.6. The van der Waals surface area contributed by atoms with E-state index in [1.54, 1.807) is 28.8 Å². The Hall–Kier alpha value is -2.98. The molecule has 12 heteroatoms. The molecule has 1 aromatic carbocycles. The van der Waals surface area contributed by atoms with E-state index < -0.39 is 13.7 Å². The number of hydrogen-bond acceptors (Lipinski definition) is 9. The summed E-state index contributed by atoms with van der Waals surface area (Å²) >= 11 is 0. The Morgan fingerprint density at radius 3 is 2.76 bits per heavy atom. The van der Waals surface area contributed by atoms with E-state index in [-0.39, 0.29) is 25.4 Å². The number of nitrogens with zero attached hydrogens (tertiary/aromatic N) is 3. The number of esters is 1. The van der Waals surface area contributed by atoms with Gasteiger partial charge in [0.15, 0.2) is 5.82 Å². The lowest BCUT2D eigenvalue weighted by molar-refractivity contribution is -0.143. The van der Waals surface area contributed by atoms with Gasteiger partial charge in [-0.1, -0.05) is 44.9 Å². The van der Waals surface area contributed by atoms with Crippen LogP contribution < -0.4 is 15.3 Å². The summed E-state index contributed by atoms with van der Waals surface area (Å²) in [5, 5.41) is 6.92. The number of benzene rings is 1. The Kier molecular flexibility index (Phi) is 9.15. The fourth-order valence-electron chi connectivity index (χ4n) is 4.12. The Morgan fingerprint density at radius 2 is 2.00 bits per heavy atom. The Bertz CT molecular complexity index is 1220. The number of aromatic nitrogens is 3. The van der Waals surface area contributed by atoms with Gasteiger partial charge in [-0.15, -0.1) is 0 Å². The van der Waals surface area contributed by atoms with E-state index in [1.165, 1.54) is 6.33 Å². The van der Waals surface area contributed by atoms with Crippen LogP contribution in [0.4, 0.5) is 5.82 Å². The molecule has 0 spiro atoms. The summed E-state index contributed by atoms with van der Waals surface area (Å²) in [6.45, 7) is 4.12. The minimum absolute atomic E-state index is 0.0107. The summed E-state index contributed by atoms with van der Waals surface area (Å²) in [6.07, 6.45) is 4.08. The zero-order valence-corrected chi connectivity index (χ0v) is 22.0. The molecule has 200 valence electrons. The van der Waals surface area contributed by atoms with Crippen LogP contribution in [0, 0.1) is 5.92 Å². The zero-order chi connectivity index (χ0) is 26.3. The van der Waals surface area contributed by atoms with Crippen LogP contribution in [-0.2, 0) is 23.4 Å². The van der Waals surface area contributed by atoms with Gasteiger partial charge in [0.2, 0.25) is 0 Å². The summed E-state index contributed by atoms with van der Waals surface area (Å²) in [7, 11) is -3.91. The molecule has 1 fully saturated rings. The van der Waals surface area contributed by atoms with E-state index in [0.29, 0.717) is 36.0 Å². The zero-order valence-electron chi connectivity index (χ0n) is 21.1. The first-order valence-electron chi connectivity index (χ1n) is 12.5. The van der Waals surface area contributed by atoms with Gasteiger partial charge in [-0.05, 0) is 43.0 Å². The topological polar surface area (TPSA) is 139 Å². The normalized spacial score (nSPS) is 19.2. The minimum Gasteiger partial charge on any atom is -0.464 e. The van der Waals surface area contributed by atoms with E-state index in [2.05, 4.69) is 15.2 Å². The molecule has 0 saturated carbocycles. The molecule has 0 aliphatic carbocycles. The van der Waals surface area contributed by atoms with Crippen molar-refractivity contribution in [2.24, 2.45) is 5.92 Å². The van der Waals surface area contributed by atoms with E-state index in [1.807, 2.05) is 32.0 Å². The molecule has 37 heavy (non-hydrogen) atoms. The summed E-state index contributed by atoms with van der Waals surface area (Å²) in [5.41, 5.74) is 7.50. The van der Waals surface area contributed by atoms with Crippen molar-refractivity contribution < 1.29 is 27.9 Å². The molecule has 3 heterocycles. The number of rotatable bonds is 13. The fourth-order valence-corrected chi connectivity index (χ4v) is 5.41. The smallest absolute Gasteiger partial charge is 0.459 e. The Balaban J connectivity index is 1.36. The average Bonchev–Trinajstić information content (AvgIpc) is 3.55. The van der Waals surface area contributed by atoms with Crippen LogP contribution in [0.1, 0.15) is 51.3 Å². The van der Waals surface area contributed by atoms with Gasteiger partial charge in [0.05, 0.1) is 25.0 Å². The number of nitrogens with two attached hydrogens (primary N) is 1. The molecule has 4 rings (SSSR count). The lowest BCUT2D eigenvalue weighted by Gasteiger charge is -2.22. The number of para-hydroxylation sites is 1. The maximum absolute atomic E-state index is 13.6. The van der Waals surface area contributed by atoms with E-state index >= 15 is 0 Å². The fraction of sp³-hybridized carbons (Fsp3) is 0.480. The van der Waals surface area contributed by atoms with Crippen LogP contribution in [0.2, 0.25) is 0 Å². The largest absolute Gasteiger partial charge is 0.464 e. The molecule has 3 unspecified atom stereocenters. The van der Waals surface area contributed by atoms with Crippen molar-refractivity contribution in [3.05, 3.63) is 54.5 Å². The van der Waals surface area contributed by atoms with Crippen molar-refractivity contribution in [2.75, 3.05) is 25.5 Å². The molecule has 2 aromatic heterocycles. The number of carbonyl (C=O) groups excluding carboxylic acids is 1. The number of fused-ring (bicyclic) bond motifs is 1. The lowest BCUT2D eigenvalue weighted by atomic mass is 10.1. The highest BCUT2D eigenvalue weighted by molar-refractivity contribution is 7.52. The first-order chi connectivity index (χ1) is 17.9. The van der Waals surface area contributed by atoms with Crippen molar-refractivity contribution in [1.29, 1.82) is 0 Å². The number of carbonyl (C=O) groups is 1. The van der Waals surface area contributed by atoms with Gasteiger partial charge >= 0.3 is 13.7 Å². The summed E-state index contributed by atoms with van der Waals surface area (Å²) < 4.78 is 38.2. The van der Waals surface area contributed by atoms with Crippen molar-refractivity contribution in [3.8, 4) is 5.75 Å². The molecule has 3 aromatic rings. The number of anilines is 1. The number of nitrogens with one attached hydrogen (secondary N) is 1. The molecular formula is C25H34N5O6P. The second-order valence-corrected chi connectivity index (χ2v) is 10.7. The van der Waals surface area contributed by atoms with Gasteiger partial charge in [0.25, 0.3) is 0 Å². The highest BCUT2D eigenvalue weighted by atomic mass is 31.2. The van der Waals surface area contributed by atoms with Crippen molar-refractivity contribution >= 4 is 25.1 Å². The minimum atomic E-state index is -3.91. The van der Waals surface area contributed by atoms with Gasteiger partial charge in [0, 0.05) is 0 Å². The average molecular weight is 532 g/mol. The molecule has 1 aliphatic rings. The summed E-state index contributed by atoms with van der Waals surface area (Å²) in [6, 6.07) is 12.4. The highest BCUT2D eigenvalue weighted by Crippen LogP contribution is 2.45. The van der Waals surface area contributed by atoms with E-state index in [4.69, 9.17) is 24.3 Å². The quantitative estimate of drug-likeness (QED) is 0.242. The van der Waals surface area contributed by atoms with Crippen molar-refractivity contribution in [1.82, 2.24) is 19.7 Å². The van der Waals surface area contributed by atoms with Gasteiger partial charge in [-0.25, -0.2) is 19.2 Å². The molecule has 1 aliphatic heterocycles. The Labute approximate surface area is 216 Å². The van der Waals surface area contributed by atoms with Gasteiger partial charge in [-0.3, -0.25) is 9.32 Å². The third-order valence-corrected chi connectivity index (χ3v) is 7.89. The highest BCUT2D eigenvalue weighted by Gasteiger charge is 2.34. The SMILES string of the molecule is CCC(CC)COC(=O)CNP(=O)(OCC1CCC(c2ccc3c(N)ncnn23)O1)Oc1ccccc1.